The molecule has 13 heteroatoms. The summed E-state index contributed by atoms with van der Waals surface area (Å²) < 4.78 is 30.3. The van der Waals surface area contributed by atoms with Crippen LogP contribution in [0.4, 0.5) is 15.6 Å². The molecule has 3 N–H and O–H groups in total. The highest BCUT2D eigenvalue weighted by Gasteiger charge is 2.28. The number of ketones is 1. The van der Waals surface area contributed by atoms with Crippen LogP contribution in [0.2, 0.25) is 0 Å². The van der Waals surface area contributed by atoms with E-state index in [1.807, 2.05) is 6.92 Å². The molecule has 0 saturated heterocycles. The predicted molar refractivity (Wildman–Crippen MR) is 132 cm³/mol. The summed E-state index contributed by atoms with van der Waals surface area (Å²) in [7, 11) is -4.11. The number of nitrogens with zero attached hydrogens (tertiary/aromatic N) is 2. The SMILES string of the molecule is CCOC(=O)c1c[nH]c(S(=O)(=O)c2cnc(NC(=O)Nc3ccc(C)cc3C(=O)C3CCCC3)s2)n1. The van der Waals surface area contributed by atoms with Crippen LogP contribution in [0.15, 0.2) is 40.0 Å². The Morgan fingerprint density at radius 2 is 1.94 bits per heavy atom. The van der Waals surface area contributed by atoms with Gasteiger partial charge < -0.3 is 15.0 Å². The number of Topliss-reactive ketones (excluding diaryl/α,β-unsaturated/α-hetero) is 1. The number of aryl methyl sites for hydroxylation is 1. The summed E-state index contributed by atoms with van der Waals surface area (Å²) in [5.74, 6) is -0.789. The summed E-state index contributed by atoms with van der Waals surface area (Å²) in [6.07, 6.45) is 5.94. The number of imidazole rings is 1. The third kappa shape index (κ3) is 5.46. The second-order valence-corrected chi connectivity index (χ2v) is 11.4. The summed E-state index contributed by atoms with van der Waals surface area (Å²) in [4.78, 5) is 47.6. The van der Waals surface area contributed by atoms with E-state index in [4.69, 9.17) is 4.74 Å². The molecule has 1 aliphatic carbocycles. The topological polar surface area (TPSA) is 160 Å². The van der Waals surface area contributed by atoms with Crippen molar-refractivity contribution in [2.45, 2.75) is 48.9 Å². The number of esters is 1. The normalized spacial score (nSPS) is 13.9. The van der Waals surface area contributed by atoms with E-state index in [0.29, 0.717) is 11.3 Å². The molecule has 1 fully saturated rings. The molecule has 190 valence electrons. The quantitative estimate of drug-likeness (QED) is 0.288. The number of rotatable bonds is 8. The van der Waals surface area contributed by atoms with Gasteiger partial charge in [0.2, 0.25) is 5.16 Å². The number of carbonyl (C=O) groups is 3. The Hall–Kier alpha value is -3.58. The summed E-state index contributed by atoms with van der Waals surface area (Å²) in [6.45, 7) is 3.62. The highest BCUT2D eigenvalue weighted by atomic mass is 32.2. The zero-order valence-electron chi connectivity index (χ0n) is 19.7. The van der Waals surface area contributed by atoms with Crippen molar-refractivity contribution < 1.29 is 27.5 Å². The van der Waals surface area contributed by atoms with E-state index in [0.717, 1.165) is 55.0 Å². The number of sulfone groups is 1. The molecule has 1 aromatic carbocycles. The number of urea groups is 1. The van der Waals surface area contributed by atoms with Gasteiger partial charge in [-0.3, -0.25) is 10.1 Å². The van der Waals surface area contributed by atoms with Gasteiger partial charge in [0, 0.05) is 17.7 Å². The molecule has 2 heterocycles. The van der Waals surface area contributed by atoms with Gasteiger partial charge in [0.1, 0.15) is 4.21 Å². The molecule has 0 unspecified atom stereocenters. The molecule has 1 saturated carbocycles. The van der Waals surface area contributed by atoms with Crippen LogP contribution in [0.3, 0.4) is 0 Å². The molecular formula is C23H25N5O6S2. The van der Waals surface area contributed by atoms with E-state index < -0.39 is 27.0 Å². The third-order valence-electron chi connectivity index (χ3n) is 5.68. The highest BCUT2D eigenvalue weighted by Crippen LogP contribution is 2.31. The zero-order valence-corrected chi connectivity index (χ0v) is 21.3. The van der Waals surface area contributed by atoms with Gasteiger partial charge in [0.25, 0.3) is 9.84 Å². The average Bonchev–Trinajstić information content (AvgIpc) is 3.61. The first-order chi connectivity index (χ1) is 17.2. The monoisotopic (exact) mass is 531 g/mol. The zero-order chi connectivity index (χ0) is 25.9. The van der Waals surface area contributed by atoms with Gasteiger partial charge in [-0.1, -0.05) is 35.8 Å². The minimum absolute atomic E-state index is 0.00904. The molecular weight excluding hydrogens is 506 g/mol. The van der Waals surface area contributed by atoms with Crippen LogP contribution in [0, 0.1) is 12.8 Å². The maximum absolute atomic E-state index is 13.0. The Labute approximate surface area is 211 Å². The fourth-order valence-corrected chi connectivity index (χ4v) is 6.19. The standard InChI is InChI=1S/C23H25N5O6S2/c1-3-34-20(30)17-11-25-23(27-17)36(32,33)18-12-24-22(35-18)28-21(31)26-16-9-8-13(2)10-15(16)19(29)14-6-4-5-7-14/h8-12,14H,3-7H2,1-2H3,(H,25,27)(H2,24,26,28,31). The van der Waals surface area contributed by atoms with Crippen molar-refractivity contribution in [2.75, 3.05) is 17.2 Å². The molecule has 4 rings (SSSR count). The third-order valence-corrected chi connectivity index (χ3v) is 8.65. The fraction of sp³-hybridized carbons (Fsp3) is 0.348. The number of benzene rings is 1. The summed E-state index contributed by atoms with van der Waals surface area (Å²) in [6, 6.07) is 4.56. The van der Waals surface area contributed by atoms with Gasteiger partial charge in [-0.05, 0) is 38.8 Å². The number of thiazole rings is 1. The number of carbonyl (C=O) groups excluding carboxylic acids is 3. The molecule has 2 aromatic heterocycles. The van der Waals surface area contributed by atoms with Crippen molar-refractivity contribution in [1.29, 1.82) is 0 Å². The van der Waals surface area contributed by atoms with Gasteiger partial charge in [0.15, 0.2) is 16.6 Å². The van der Waals surface area contributed by atoms with Crippen LogP contribution in [0.5, 0.6) is 0 Å². The second kappa shape index (κ2) is 10.6. The molecule has 3 aromatic rings. The van der Waals surface area contributed by atoms with Crippen molar-refractivity contribution in [1.82, 2.24) is 15.0 Å². The van der Waals surface area contributed by atoms with Crippen LogP contribution in [0.25, 0.3) is 0 Å². The Kier molecular flexibility index (Phi) is 7.50. The van der Waals surface area contributed by atoms with Gasteiger partial charge in [-0.2, -0.15) is 0 Å². The van der Waals surface area contributed by atoms with E-state index in [-0.39, 0.29) is 33.3 Å². The first kappa shape index (κ1) is 25.5. The number of anilines is 2. The minimum atomic E-state index is -4.11. The first-order valence-electron chi connectivity index (χ1n) is 11.4. The van der Waals surface area contributed by atoms with Crippen LogP contribution >= 0.6 is 11.3 Å². The maximum atomic E-state index is 13.0. The van der Waals surface area contributed by atoms with Gasteiger partial charge in [-0.15, -0.1) is 0 Å². The molecule has 0 bridgehead atoms. The van der Waals surface area contributed by atoms with Crippen LogP contribution in [0.1, 0.15) is 59.0 Å². The number of hydrogen-bond donors (Lipinski definition) is 3. The molecule has 1 aliphatic rings. The lowest BCUT2D eigenvalue weighted by atomic mass is 9.94. The van der Waals surface area contributed by atoms with Gasteiger partial charge in [0.05, 0.1) is 18.5 Å². The van der Waals surface area contributed by atoms with Crippen LogP contribution in [-0.4, -0.2) is 47.8 Å². The number of hydrogen-bond acceptors (Lipinski definition) is 9. The Morgan fingerprint density at radius 1 is 1.19 bits per heavy atom. The largest absolute Gasteiger partial charge is 0.461 e. The average molecular weight is 532 g/mol. The van der Waals surface area contributed by atoms with E-state index in [9.17, 15) is 22.8 Å². The Bertz CT molecular complexity index is 1410. The minimum Gasteiger partial charge on any atom is -0.461 e. The number of aromatic nitrogens is 3. The maximum Gasteiger partial charge on any atom is 0.358 e. The summed E-state index contributed by atoms with van der Waals surface area (Å²) >= 11 is 0.721. The fourth-order valence-electron chi connectivity index (χ4n) is 3.92. The molecule has 36 heavy (non-hydrogen) atoms. The number of ether oxygens (including phenoxy) is 1. The lowest BCUT2D eigenvalue weighted by Gasteiger charge is -2.14. The van der Waals surface area contributed by atoms with Crippen molar-refractivity contribution in [2.24, 2.45) is 5.92 Å². The van der Waals surface area contributed by atoms with Crippen molar-refractivity contribution in [3.05, 3.63) is 47.4 Å². The number of amides is 2. The van der Waals surface area contributed by atoms with E-state index in [1.54, 1.807) is 25.1 Å². The molecule has 0 spiro atoms. The van der Waals surface area contributed by atoms with Gasteiger partial charge >= 0.3 is 12.0 Å². The number of nitrogens with one attached hydrogen (secondary N) is 3. The summed E-state index contributed by atoms with van der Waals surface area (Å²) in [5, 5.41) is 4.76. The number of aromatic amines is 1. The number of H-pyrrole nitrogens is 1. The first-order valence-corrected chi connectivity index (χ1v) is 13.7. The Balaban J connectivity index is 1.46. The summed E-state index contributed by atoms with van der Waals surface area (Å²) in [5.41, 5.74) is 1.57. The van der Waals surface area contributed by atoms with E-state index >= 15 is 0 Å². The van der Waals surface area contributed by atoms with Crippen molar-refractivity contribution in [3.8, 4) is 0 Å². The van der Waals surface area contributed by atoms with E-state index in [2.05, 4.69) is 25.6 Å². The Morgan fingerprint density at radius 3 is 2.67 bits per heavy atom. The van der Waals surface area contributed by atoms with Crippen LogP contribution < -0.4 is 10.6 Å². The smallest absolute Gasteiger partial charge is 0.358 e. The molecule has 2 amide bonds. The highest BCUT2D eigenvalue weighted by molar-refractivity contribution is 7.93. The van der Waals surface area contributed by atoms with Gasteiger partial charge in [-0.25, -0.2) is 28.0 Å². The molecule has 0 radical (unpaired) electrons. The molecule has 0 aliphatic heterocycles. The van der Waals surface area contributed by atoms with E-state index in [1.165, 1.54) is 0 Å². The lowest BCUT2D eigenvalue weighted by molar-refractivity contribution is 0.0519. The second-order valence-electron chi connectivity index (χ2n) is 8.27. The van der Waals surface area contributed by atoms with Crippen LogP contribution in [-0.2, 0) is 14.6 Å². The molecule has 0 atom stereocenters. The molecule has 11 nitrogen and oxygen atoms in total. The van der Waals surface area contributed by atoms with Crippen molar-refractivity contribution in [3.63, 3.8) is 0 Å². The predicted octanol–water partition coefficient (Wildman–Crippen LogP) is 4.20. The van der Waals surface area contributed by atoms with Crippen molar-refractivity contribution >= 4 is 49.8 Å². The lowest BCUT2D eigenvalue weighted by Crippen LogP contribution is -2.22.